The second-order valence-corrected chi connectivity index (χ2v) is 5.95. The summed E-state index contributed by atoms with van der Waals surface area (Å²) >= 11 is 3.20. The topological polar surface area (TPSA) is 101 Å². The van der Waals surface area contributed by atoms with Crippen LogP contribution in [-0.4, -0.2) is 40.3 Å². The van der Waals surface area contributed by atoms with Crippen LogP contribution in [-0.2, 0) is 4.74 Å². The Hall–Kier alpha value is -1.83. The first kappa shape index (κ1) is 13.2. The molecule has 8 heteroatoms. The number of carbonyl (C=O) groups excluding carboxylic acids is 1. The van der Waals surface area contributed by atoms with Gasteiger partial charge in [-0.1, -0.05) is 0 Å². The smallest absolute Gasteiger partial charge is 0.407 e. The maximum Gasteiger partial charge on any atom is 0.407 e. The molecule has 1 spiro atoms. The van der Waals surface area contributed by atoms with Crippen LogP contribution in [0.15, 0.2) is 16.7 Å². The Bertz CT molecular complexity index is 586. The van der Waals surface area contributed by atoms with E-state index in [1.54, 1.807) is 6.20 Å². The van der Waals surface area contributed by atoms with Gasteiger partial charge in [0.2, 0.25) is 0 Å². The molecule has 3 N–H and O–H groups in total. The molecule has 0 radical (unpaired) electrons. The maximum atomic E-state index is 11.2. The maximum absolute atomic E-state index is 11.2. The average molecular weight is 342 g/mol. The molecule has 0 bridgehead atoms. The lowest BCUT2D eigenvalue weighted by atomic mass is 9.75. The lowest BCUT2D eigenvalue weighted by molar-refractivity contribution is -0.0147. The Kier molecular flexibility index (Phi) is 3.04. The Labute approximate surface area is 122 Å². The highest BCUT2D eigenvalue weighted by molar-refractivity contribution is 9.10. The summed E-state index contributed by atoms with van der Waals surface area (Å²) < 4.78 is 5.83. The summed E-state index contributed by atoms with van der Waals surface area (Å²) in [6, 6.07) is 1.55. The van der Waals surface area contributed by atoms with E-state index in [0.29, 0.717) is 29.7 Å². The first-order valence-electron chi connectivity index (χ1n) is 6.10. The molecular weight excluding hydrogens is 330 g/mol. The van der Waals surface area contributed by atoms with E-state index in [1.165, 1.54) is 6.07 Å². The molecule has 3 rings (SSSR count). The zero-order valence-corrected chi connectivity index (χ0v) is 11.9. The minimum absolute atomic E-state index is 0.0504. The number of aromatic carboxylic acids is 1. The largest absolute Gasteiger partial charge is 0.478 e. The van der Waals surface area contributed by atoms with E-state index in [2.05, 4.69) is 31.5 Å². The summed E-state index contributed by atoms with van der Waals surface area (Å²) in [5.74, 6) is -0.706. The third-order valence-corrected chi connectivity index (χ3v) is 3.96. The number of amides is 1. The summed E-state index contributed by atoms with van der Waals surface area (Å²) in [5, 5.41) is 14.9. The summed E-state index contributed by atoms with van der Waals surface area (Å²) in [6.45, 7) is 0.504. The Morgan fingerprint density at radius 1 is 1.60 bits per heavy atom. The predicted octanol–water partition coefficient (Wildman–Crippen LogP) is 1.60. The van der Waals surface area contributed by atoms with Crippen LogP contribution in [0.1, 0.15) is 23.2 Å². The highest BCUT2D eigenvalue weighted by atomic mass is 79.9. The normalized spacial score (nSPS) is 27.6. The number of carboxylic acid groups (broad SMARTS) is 1. The molecule has 1 aromatic heterocycles. The first-order chi connectivity index (χ1) is 9.47. The van der Waals surface area contributed by atoms with Crippen molar-refractivity contribution >= 4 is 33.8 Å². The molecule has 0 unspecified atom stereocenters. The lowest BCUT2D eigenvalue weighted by Crippen LogP contribution is -2.53. The van der Waals surface area contributed by atoms with Crippen molar-refractivity contribution in [1.29, 1.82) is 0 Å². The van der Waals surface area contributed by atoms with Crippen LogP contribution >= 0.6 is 15.9 Å². The van der Waals surface area contributed by atoms with Crippen LogP contribution in [0, 0.1) is 0 Å². The molecule has 7 nitrogen and oxygen atoms in total. The molecule has 2 aliphatic rings. The minimum Gasteiger partial charge on any atom is -0.478 e. The monoisotopic (exact) mass is 341 g/mol. The number of nitrogens with zero attached hydrogens (tertiary/aromatic N) is 1. The number of rotatable bonds is 3. The molecule has 1 aliphatic heterocycles. The Morgan fingerprint density at radius 3 is 2.95 bits per heavy atom. The first-order valence-corrected chi connectivity index (χ1v) is 6.89. The van der Waals surface area contributed by atoms with Crippen LogP contribution in [0.5, 0.6) is 0 Å². The molecule has 1 aliphatic carbocycles. The van der Waals surface area contributed by atoms with Gasteiger partial charge in [0.05, 0.1) is 6.54 Å². The minimum atomic E-state index is -1.04. The van der Waals surface area contributed by atoms with Crippen molar-refractivity contribution < 1.29 is 19.4 Å². The van der Waals surface area contributed by atoms with E-state index in [0.717, 1.165) is 0 Å². The van der Waals surface area contributed by atoms with Crippen molar-refractivity contribution in [1.82, 2.24) is 10.3 Å². The summed E-state index contributed by atoms with van der Waals surface area (Å²) in [6.07, 6.45) is 2.43. The molecule has 0 atom stereocenters. The fraction of sp³-hybridized carbons (Fsp3) is 0.417. The van der Waals surface area contributed by atoms with Crippen LogP contribution < -0.4 is 10.6 Å². The predicted molar refractivity (Wildman–Crippen MR) is 72.8 cm³/mol. The number of anilines is 1. The zero-order chi connectivity index (χ0) is 14.3. The van der Waals surface area contributed by atoms with Crippen molar-refractivity contribution in [2.75, 3.05) is 11.9 Å². The van der Waals surface area contributed by atoms with E-state index < -0.39 is 17.7 Å². The summed E-state index contributed by atoms with van der Waals surface area (Å²) in [7, 11) is 0. The van der Waals surface area contributed by atoms with Gasteiger partial charge >= 0.3 is 12.1 Å². The fourth-order valence-electron chi connectivity index (χ4n) is 2.58. The Balaban J connectivity index is 1.68. The van der Waals surface area contributed by atoms with E-state index in [9.17, 15) is 9.59 Å². The quantitative estimate of drug-likeness (QED) is 0.771. The molecular formula is C12H12BrN3O4. The van der Waals surface area contributed by atoms with Crippen LogP contribution in [0.3, 0.4) is 0 Å². The number of carboxylic acids is 1. The van der Waals surface area contributed by atoms with Gasteiger partial charge in [-0.3, -0.25) is 0 Å². The van der Waals surface area contributed by atoms with Gasteiger partial charge in [-0.25, -0.2) is 14.6 Å². The van der Waals surface area contributed by atoms with E-state index in [4.69, 9.17) is 9.84 Å². The van der Waals surface area contributed by atoms with Gasteiger partial charge in [-0.15, -0.1) is 0 Å². The number of hydrogen-bond acceptors (Lipinski definition) is 5. The number of ether oxygens (including phenoxy) is 1. The van der Waals surface area contributed by atoms with E-state index in [-0.39, 0.29) is 11.6 Å². The zero-order valence-electron chi connectivity index (χ0n) is 10.4. The van der Waals surface area contributed by atoms with E-state index >= 15 is 0 Å². The number of alkyl carbamates (subject to hydrolysis) is 1. The molecule has 1 saturated heterocycles. The van der Waals surface area contributed by atoms with Gasteiger partial charge in [0.15, 0.2) is 0 Å². The Morgan fingerprint density at radius 2 is 2.35 bits per heavy atom. The molecule has 1 amide bonds. The standard InChI is InChI=1S/C12H12BrN3O4/c13-6-1-8(10(17)18)9(14-4-6)16-7-2-12(3-7)5-15-11(19)20-12/h1,4,7H,2-3,5H2,(H,14,16)(H,15,19)(H,17,18). The van der Waals surface area contributed by atoms with Crippen molar-refractivity contribution in [3.8, 4) is 0 Å². The van der Waals surface area contributed by atoms with Crippen LogP contribution in [0.2, 0.25) is 0 Å². The van der Waals surface area contributed by atoms with Crippen molar-refractivity contribution in [2.24, 2.45) is 0 Å². The van der Waals surface area contributed by atoms with Gasteiger partial charge in [-0.05, 0) is 22.0 Å². The highest BCUT2D eigenvalue weighted by Gasteiger charge is 2.51. The van der Waals surface area contributed by atoms with Gasteiger partial charge in [0.1, 0.15) is 17.0 Å². The highest BCUT2D eigenvalue weighted by Crippen LogP contribution is 2.39. The summed E-state index contributed by atoms with van der Waals surface area (Å²) in [4.78, 5) is 26.3. The number of hydrogen-bond donors (Lipinski definition) is 3. The molecule has 20 heavy (non-hydrogen) atoms. The van der Waals surface area contributed by atoms with E-state index in [1.807, 2.05) is 0 Å². The number of carbonyl (C=O) groups is 2. The number of aromatic nitrogens is 1. The SMILES string of the molecule is O=C1NCC2(CC(Nc3ncc(Br)cc3C(=O)O)C2)O1. The molecule has 2 heterocycles. The third kappa shape index (κ3) is 2.31. The second-order valence-electron chi connectivity index (χ2n) is 5.03. The summed E-state index contributed by atoms with van der Waals surface area (Å²) in [5.41, 5.74) is -0.324. The average Bonchev–Trinajstić information content (AvgIpc) is 2.73. The van der Waals surface area contributed by atoms with Gasteiger partial charge in [0.25, 0.3) is 0 Å². The van der Waals surface area contributed by atoms with Gasteiger partial charge in [0, 0.05) is 29.6 Å². The lowest BCUT2D eigenvalue weighted by Gasteiger charge is -2.42. The van der Waals surface area contributed by atoms with Crippen LogP contribution in [0.25, 0.3) is 0 Å². The number of halogens is 1. The molecule has 1 aromatic rings. The molecule has 106 valence electrons. The molecule has 1 saturated carbocycles. The molecule has 0 aromatic carbocycles. The van der Waals surface area contributed by atoms with Crippen LogP contribution in [0.4, 0.5) is 10.6 Å². The van der Waals surface area contributed by atoms with Gasteiger partial charge < -0.3 is 20.5 Å². The second kappa shape index (κ2) is 4.62. The van der Waals surface area contributed by atoms with Gasteiger partial charge in [-0.2, -0.15) is 0 Å². The fourth-order valence-corrected chi connectivity index (χ4v) is 2.91. The number of nitrogens with one attached hydrogen (secondary N) is 2. The third-order valence-electron chi connectivity index (χ3n) is 3.53. The number of pyridine rings is 1. The van der Waals surface area contributed by atoms with Crippen molar-refractivity contribution in [3.63, 3.8) is 0 Å². The van der Waals surface area contributed by atoms with Crippen molar-refractivity contribution in [3.05, 3.63) is 22.3 Å². The van der Waals surface area contributed by atoms with Crippen molar-refractivity contribution in [2.45, 2.75) is 24.5 Å². The molecule has 2 fully saturated rings.